The number of benzene rings is 2. The number of non-ortho nitro benzene ring substituents is 1. The number of fused-ring (bicyclic) bond motifs is 1. The zero-order valence-electron chi connectivity index (χ0n) is 15.7. The van der Waals surface area contributed by atoms with Crippen molar-refractivity contribution in [2.75, 3.05) is 19.4 Å². The minimum atomic E-state index is -3.54. The van der Waals surface area contributed by atoms with Gasteiger partial charge in [-0.25, -0.2) is 17.7 Å². The summed E-state index contributed by atoms with van der Waals surface area (Å²) >= 11 is 0. The van der Waals surface area contributed by atoms with Crippen LogP contribution < -0.4 is 5.32 Å². The average Bonchev–Trinajstić information content (AvgIpc) is 2.67. The lowest BCUT2D eigenvalue weighted by Crippen LogP contribution is -2.22. The summed E-state index contributed by atoms with van der Waals surface area (Å²) in [4.78, 5) is 15.2. The first-order valence-corrected chi connectivity index (χ1v) is 9.96. The first-order valence-electron chi connectivity index (χ1n) is 8.52. The second-order valence-corrected chi connectivity index (χ2v) is 8.70. The SMILES string of the molecule is CC(Nc1nccc2ccc([N+](=O)[O-])cc12)c1cccc(S(=O)(=O)N(C)C)c1. The Kier molecular flexibility index (Phi) is 5.30. The number of aromatic nitrogens is 1. The Morgan fingerprint density at radius 1 is 1.14 bits per heavy atom. The van der Waals surface area contributed by atoms with Crippen LogP contribution in [0.4, 0.5) is 11.5 Å². The van der Waals surface area contributed by atoms with Crippen LogP contribution in [0.25, 0.3) is 10.8 Å². The van der Waals surface area contributed by atoms with Crippen molar-refractivity contribution in [1.82, 2.24) is 9.29 Å². The Bertz CT molecular complexity index is 1150. The van der Waals surface area contributed by atoms with Crippen LogP contribution in [0.2, 0.25) is 0 Å². The van der Waals surface area contributed by atoms with Crippen molar-refractivity contribution in [3.63, 3.8) is 0 Å². The zero-order chi connectivity index (χ0) is 20.5. The van der Waals surface area contributed by atoms with Crippen molar-refractivity contribution in [3.05, 3.63) is 70.4 Å². The minimum absolute atomic E-state index is 0.0183. The molecular formula is C19H20N4O4S. The molecular weight excluding hydrogens is 380 g/mol. The third-order valence-corrected chi connectivity index (χ3v) is 6.26. The number of nitrogens with zero attached hydrogens (tertiary/aromatic N) is 3. The second-order valence-electron chi connectivity index (χ2n) is 6.55. The molecule has 3 rings (SSSR count). The van der Waals surface area contributed by atoms with Crippen LogP contribution in [0.15, 0.2) is 59.6 Å². The van der Waals surface area contributed by atoms with Crippen molar-refractivity contribution in [1.29, 1.82) is 0 Å². The Morgan fingerprint density at radius 2 is 1.89 bits per heavy atom. The van der Waals surface area contributed by atoms with E-state index in [1.54, 1.807) is 36.5 Å². The van der Waals surface area contributed by atoms with Crippen molar-refractivity contribution in [2.24, 2.45) is 0 Å². The third-order valence-electron chi connectivity index (χ3n) is 4.45. The predicted octanol–water partition coefficient (Wildman–Crippen LogP) is 3.57. The number of hydrogen-bond acceptors (Lipinski definition) is 6. The Hall–Kier alpha value is -3.04. The van der Waals surface area contributed by atoms with Crippen LogP contribution in [0, 0.1) is 10.1 Å². The normalized spacial score (nSPS) is 12.9. The highest BCUT2D eigenvalue weighted by atomic mass is 32.2. The number of sulfonamides is 1. The van der Waals surface area contributed by atoms with E-state index < -0.39 is 14.9 Å². The summed E-state index contributed by atoms with van der Waals surface area (Å²) in [5.41, 5.74) is 0.738. The van der Waals surface area contributed by atoms with Gasteiger partial charge in [0.1, 0.15) is 5.82 Å². The Labute approximate surface area is 163 Å². The second kappa shape index (κ2) is 7.53. The van der Waals surface area contributed by atoms with E-state index in [0.29, 0.717) is 11.2 Å². The lowest BCUT2D eigenvalue weighted by atomic mass is 10.1. The highest BCUT2D eigenvalue weighted by Crippen LogP contribution is 2.29. The number of anilines is 1. The molecule has 0 aliphatic carbocycles. The Balaban J connectivity index is 1.97. The van der Waals surface area contributed by atoms with Crippen LogP contribution in [0.5, 0.6) is 0 Å². The van der Waals surface area contributed by atoms with Crippen LogP contribution in [0.3, 0.4) is 0 Å². The molecule has 146 valence electrons. The summed E-state index contributed by atoms with van der Waals surface area (Å²) in [5.74, 6) is 0.495. The number of nitrogens with one attached hydrogen (secondary N) is 1. The maximum atomic E-state index is 12.4. The zero-order valence-corrected chi connectivity index (χ0v) is 16.5. The molecule has 1 atom stereocenters. The first kappa shape index (κ1) is 19.7. The quantitative estimate of drug-likeness (QED) is 0.501. The lowest BCUT2D eigenvalue weighted by molar-refractivity contribution is -0.384. The maximum absolute atomic E-state index is 12.4. The van der Waals surface area contributed by atoms with E-state index in [2.05, 4.69) is 10.3 Å². The van der Waals surface area contributed by atoms with Gasteiger partial charge in [-0.15, -0.1) is 0 Å². The van der Waals surface area contributed by atoms with Crippen molar-refractivity contribution < 1.29 is 13.3 Å². The van der Waals surface area contributed by atoms with Gasteiger partial charge in [0.2, 0.25) is 10.0 Å². The largest absolute Gasteiger partial charge is 0.363 e. The summed E-state index contributed by atoms with van der Waals surface area (Å²) < 4.78 is 25.9. The van der Waals surface area contributed by atoms with Crippen LogP contribution >= 0.6 is 0 Å². The topological polar surface area (TPSA) is 105 Å². The van der Waals surface area contributed by atoms with E-state index in [4.69, 9.17) is 0 Å². The van der Waals surface area contributed by atoms with Gasteiger partial charge in [0.05, 0.1) is 15.9 Å². The molecule has 0 fully saturated rings. The number of nitro groups is 1. The molecule has 1 heterocycles. The fraction of sp³-hybridized carbons (Fsp3) is 0.211. The molecule has 28 heavy (non-hydrogen) atoms. The third kappa shape index (κ3) is 3.80. The van der Waals surface area contributed by atoms with Gasteiger partial charge in [-0.2, -0.15) is 0 Å². The van der Waals surface area contributed by atoms with E-state index in [1.807, 2.05) is 13.0 Å². The van der Waals surface area contributed by atoms with Gasteiger partial charge in [0.15, 0.2) is 0 Å². The fourth-order valence-electron chi connectivity index (χ4n) is 2.83. The van der Waals surface area contributed by atoms with E-state index in [9.17, 15) is 18.5 Å². The molecule has 3 aromatic rings. The molecule has 0 radical (unpaired) electrons. The molecule has 2 aromatic carbocycles. The first-order chi connectivity index (χ1) is 13.2. The molecule has 0 amide bonds. The molecule has 0 bridgehead atoms. The molecule has 1 N–H and O–H groups in total. The highest BCUT2D eigenvalue weighted by molar-refractivity contribution is 7.89. The highest BCUT2D eigenvalue weighted by Gasteiger charge is 2.19. The number of hydrogen-bond donors (Lipinski definition) is 1. The lowest BCUT2D eigenvalue weighted by Gasteiger charge is -2.18. The number of nitro benzene ring substituents is 1. The number of pyridine rings is 1. The molecule has 8 nitrogen and oxygen atoms in total. The monoisotopic (exact) mass is 400 g/mol. The van der Waals surface area contributed by atoms with Gasteiger partial charge in [0, 0.05) is 37.8 Å². The van der Waals surface area contributed by atoms with Gasteiger partial charge in [-0.05, 0) is 42.1 Å². The fourth-order valence-corrected chi connectivity index (χ4v) is 3.79. The molecule has 0 saturated carbocycles. The summed E-state index contributed by atoms with van der Waals surface area (Å²) in [5, 5.41) is 15.8. The van der Waals surface area contributed by atoms with E-state index in [0.717, 1.165) is 15.3 Å². The van der Waals surface area contributed by atoms with E-state index >= 15 is 0 Å². The average molecular weight is 400 g/mol. The standard InChI is InChI=1S/C19H20N4O4S/c1-13(15-5-4-6-17(11-15)28(26,27)22(2)3)21-19-18-12-16(23(24)25)8-7-14(18)9-10-20-19/h4-13H,1-3H3,(H,20,21). The van der Waals surface area contributed by atoms with E-state index in [1.165, 1.54) is 26.2 Å². The summed E-state index contributed by atoms with van der Waals surface area (Å²) in [6.45, 7) is 1.87. The van der Waals surface area contributed by atoms with Gasteiger partial charge >= 0.3 is 0 Å². The molecule has 1 aromatic heterocycles. The predicted molar refractivity (Wildman–Crippen MR) is 108 cm³/mol. The molecule has 0 spiro atoms. The Morgan fingerprint density at radius 3 is 2.57 bits per heavy atom. The summed E-state index contributed by atoms with van der Waals surface area (Å²) in [6.07, 6.45) is 1.62. The van der Waals surface area contributed by atoms with Crippen molar-refractivity contribution in [2.45, 2.75) is 17.9 Å². The van der Waals surface area contributed by atoms with Crippen LogP contribution in [0.1, 0.15) is 18.5 Å². The van der Waals surface area contributed by atoms with Gasteiger partial charge in [0.25, 0.3) is 5.69 Å². The van der Waals surface area contributed by atoms with E-state index in [-0.39, 0.29) is 16.6 Å². The molecule has 9 heteroatoms. The summed E-state index contributed by atoms with van der Waals surface area (Å²) in [6, 6.07) is 12.8. The van der Waals surface area contributed by atoms with Crippen molar-refractivity contribution >= 4 is 32.3 Å². The van der Waals surface area contributed by atoms with Crippen molar-refractivity contribution in [3.8, 4) is 0 Å². The van der Waals surface area contributed by atoms with Gasteiger partial charge < -0.3 is 5.32 Å². The smallest absolute Gasteiger partial charge is 0.270 e. The molecule has 0 aliphatic rings. The van der Waals surface area contributed by atoms with Gasteiger partial charge in [-0.3, -0.25) is 10.1 Å². The van der Waals surface area contributed by atoms with Crippen LogP contribution in [-0.2, 0) is 10.0 Å². The molecule has 0 aliphatic heterocycles. The maximum Gasteiger partial charge on any atom is 0.270 e. The van der Waals surface area contributed by atoms with Gasteiger partial charge in [-0.1, -0.05) is 12.1 Å². The number of rotatable bonds is 6. The minimum Gasteiger partial charge on any atom is -0.363 e. The van der Waals surface area contributed by atoms with Crippen LogP contribution in [-0.4, -0.2) is 36.7 Å². The molecule has 0 saturated heterocycles. The summed E-state index contributed by atoms with van der Waals surface area (Å²) in [7, 11) is -0.575. The molecule has 1 unspecified atom stereocenters.